The third-order valence-corrected chi connectivity index (χ3v) is 3.53. The van der Waals surface area contributed by atoms with Crippen LogP contribution < -0.4 is 0 Å². The van der Waals surface area contributed by atoms with Crippen LogP contribution in [0.5, 0.6) is 0 Å². The summed E-state index contributed by atoms with van der Waals surface area (Å²) in [7, 11) is 0. The molecule has 0 spiro atoms. The second-order valence-electron chi connectivity index (χ2n) is 4.03. The summed E-state index contributed by atoms with van der Waals surface area (Å²) in [6.45, 7) is 1.92. The molecule has 0 amide bonds. The highest BCUT2D eigenvalue weighted by atomic mass is 32.2. The van der Waals surface area contributed by atoms with Gasteiger partial charge in [0.05, 0.1) is 0 Å². The fourth-order valence-corrected chi connectivity index (χ4v) is 2.07. The Bertz CT molecular complexity index is 547. The molecule has 92 valence electrons. The molecule has 0 bridgehead atoms. The number of nitrogens with zero attached hydrogens (tertiary/aromatic N) is 1. The van der Waals surface area contributed by atoms with Crippen molar-refractivity contribution >= 4 is 17.0 Å². The lowest BCUT2D eigenvalue weighted by molar-refractivity contribution is 0.103. The molecular weight excluding hydrogens is 246 g/mol. The third kappa shape index (κ3) is 2.78. The quantitative estimate of drug-likeness (QED) is 0.628. The number of carbonyl (C=O) groups excluding carboxylic acids is 1. The smallest absolute Gasteiger partial charge is 0.211 e. The largest absolute Gasteiger partial charge is 0.612 e. The van der Waals surface area contributed by atoms with Crippen LogP contribution in [0.1, 0.15) is 21.6 Å². The first kappa shape index (κ1) is 12.8. The Morgan fingerprint density at radius 3 is 2.33 bits per heavy atom. The van der Waals surface area contributed by atoms with Crippen molar-refractivity contribution in [3.63, 3.8) is 0 Å². The molecule has 4 heteroatoms. The Morgan fingerprint density at radius 2 is 1.83 bits per heavy atom. The average Bonchev–Trinajstić information content (AvgIpc) is 2.39. The SMILES string of the molecule is Cc1ccc(C(=O)c2ccc([S+](C)[O-])cc2)nc1. The number of benzene rings is 1. The molecule has 3 nitrogen and oxygen atoms in total. The fraction of sp³-hybridized carbons (Fsp3) is 0.143. The number of carbonyl (C=O) groups is 1. The normalized spacial score (nSPS) is 12.2. The molecule has 0 aliphatic heterocycles. The maximum atomic E-state index is 12.1. The molecular formula is C14H13NO2S. The summed E-state index contributed by atoms with van der Waals surface area (Å²) < 4.78 is 11.2. The summed E-state index contributed by atoms with van der Waals surface area (Å²) in [6, 6.07) is 10.3. The molecule has 1 unspecified atom stereocenters. The van der Waals surface area contributed by atoms with Gasteiger partial charge in [0.25, 0.3) is 0 Å². The maximum Gasteiger partial charge on any atom is 0.211 e. The molecule has 1 aromatic carbocycles. The van der Waals surface area contributed by atoms with Gasteiger partial charge in [0, 0.05) is 11.8 Å². The fourth-order valence-electron chi connectivity index (χ4n) is 1.55. The van der Waals surface area contributed by atoms with Gasteiger partial charge in [-0.15, -0.1) is 0 Å². The van der Waals surface area contributed by atoms with Crippen LogP contribution in [0.4, 0.5) is 0 Å². The van der Waals surface area contributed by atoms with Crippen LogP contribution in [0.25, 0.3) is 0 Å². The maximum absolute atomic E-state index is 12.1. The first-order chi connectivity index (χ1) is 8.58. The van der Waals surface area contributed by atoms with Gasteiger partial charge in [-0.2, -0.15) is 0 Å². The Hall–Kier alpha value is -1.65. The molecule has 0 aliphatic rings. The lowest BCUT2D eigenvalue weighted by Gasteiger charge is -2.05. The van der Waals surface area contributed by atoms with Gasteiger partial charge < -0.3 is 4.55 Å². The van der Waals surface area contributed by atoms with E-state index in [0.29, 0.717) is 16.2 Å². The average molecular weight is 259 g/mol. The molecule has 0 fully saturated rings. The van der Waals surface area contributed by atoms with Crippen molar-refractivity contribution in [3.05, 3.63) is 59.4 Å². The van der Waals surface area contributed by atoms with Crippen molar-refractivity contribution in [3.8, 4) is 0 Å². The van der Waals surface area contributed by atoms with Gasteiger partial charge >= 0.3 is 0 Å². The standard InChI is InChI=1S/C14H13NO2S/c1-10-3-8-13(15-9-10)14(16)11-4-6-12(7-5-11)18(2)17/h3-9H,1-2H3. The van der Waals surface area contributed by atoms with Crippen LogP contribution >= 0.6 is 0 Å². The Morgan fingerprint density at radius 1 is 1.17 bits per heavy atom. The predicted octanol–water partition coefficient (Wildman–Crippen LogP) is 2.36. The van der Waals surface area contributed by atoms with Crippen LogP contribution in [-0.2, 0) is 11.2 Å². The molecule has 0 aliphatic carbocycles. The minimum atomic E-state index is -1.02. The van der Waals surface area contributed by atoms with Gasteiger partial charge in [-0.25, -0.2) is 0 Å². The van der Waals surface area contributed by atoms with Crippen LogP contribution in [0.3, 0.4) is 0 Å². The Labute approximate surface area is 109 Å². The zero-order chi connectivity index (χ0) is 13.1. The summed E-state index contributed by atoms with van der Waals surface area (Å²) in [5.74, 6) is -0.122. The van der Waals surface area contributed by atoms with E-state index < -0.39 is 11.2 Å². The lowest BCUT2D eigenvalue weighted by Crippen LogP contribution is -2.05. The molecule has 1 aromatic heterocycles. The lowest BCUT2D eigenvalue weighted by atomic mass is 10.1. The summed E-state index contributed by atoms with van der Waals surface area (Å²) in [5, 5.41) is 0. The highest BCUT2D eigenvalue weighted by Crippen LogP contribution is 2.13. The zero-order valence-corrected chi connectivity index (χ0v) is 11.0. The van der Waals surface area contributed by atoms with Crippen LogP contribution in [0, 0.1) is 6.92 Å². The van der Waals surface area contributed by atoms with Crippen molar-refractivity contribution in [2.45, 2.75) is 11.8 Å². The monoisotopic (exact) mass is 259 g/mol. The first-order valence-electron chi connectivity index (χ1n) is 5.49. The van der Waals surface area contributed by atoms with E-state index >= 15 is 0 Å². The molecule has 2 aromatic rings. The van der Waals surface area contributed by atoms with Crippen LogP contribution in [0.15, 0.2) is 47.5 Å². The number of hydrogen-bond donors (Lipinski definition) is 0. The van der Waals surface area contributed by atoms with Crippen molar-refractivity contribution in [2.75, 3.05) is 6.26 Å². The summed E-state index contributed by atoms with van der Waals surface area (Å²) in [5.41, 5.74) is 2.00. The van der Waals surface area contributed by atoms with Crippen LogP contribution in [0.2, 0.25) is 0 Å². The Balaban J connectivity index is 2.26. The predicted molar refractivity (Wildman–Crippen MR) is 71.2 cm³/mol. The van der Waals surface area contributed by atoms with Gasteiger partial charge in [-0.3, -0.25) is 9.78 Å². The van der Waals surface area contributed by atoms with Crippen LogP contribution in [-0.4, -0.2) is 21.6 Å². The molecule has 1 atom stereocenters. The van der Waals surface area contributed by atoms with E-state index in [1.807, 2.05) is 13.0 Å². The van der Waals surface area contributed by atoms with E-state index in [1.165, 1.54) is 0 Å². The van der Waals surface area contributed by atoms with Crippen molar-refractivity contribution in [1.82, 2.24) is 4.98 Å². The van der Waals surface area contributed by atoms with E-state index in [9.17, 15) is 9.35 Å². The van der Waals surface area contributed by atoms with Gasteiger partial charge in [0.1, 0.15) is 11.9 Å². The third-order valence-electron chi connectivity index (χ3n) is 2.59. The second kappa shape index (κ2) is 5.33. The highest BCUT2D eigenvalue weighted by Gasteiger charge is 2.11. The molecule has 1 heterocycles. The van der Waals surface area contributed by atoms with Crippen molar-refractivity contribution in [1.29, 1.82) is 0 Å². The van der Waals surface area contributed by atoms with E-state index in [1.54, 1.807) is 42.8 Å². The Kier molecular flexibility index (Phi) is 3.79. The summed E-state index contributed by atoms with van der Waals surface area (Å²) >= 11 is -1.02. The van der Waals surface area contributed by atoms with Crippen molar-refractivity contribution < 1.29 is 9.35 Å². The summed E-state index contributed by atoms with van der Waals surface area (Å²) in [6.07, 6.45) is 3.28. The summed E-state index contributed by atoms with van der Waals surface area (Å²) in [4.78, 5) is 16.9. The molecule has 0 radical (unpaired) electrons. The molecule has 18 heavy (non-hydrogen) atoms. The second-order valence-corrected chi connectivity index (χ2v) is 5.41. The van der Waals surface area contributed by atoms with Gasteiger partial charge in [0.15, 0.2) is 4.90 Å². The highest BCUT2D eigenvalue weighted by molar-refractivity contribution is 7.90. The zero-order valence-electron chi connectivity index (χ0n) is 10.2. The van der Waals surface area contributed by atoms with Gasteiger partial charge in [-0.05, 0) is 54.0 Å². The number of aromatic nitrogens is 1. The number of aryl methyl sites for hydroxylation is 1. The number of ketones is 1. The molecule has 0 saturated heterocycles. The minimum absolute atomic E-state index is 0.122. The number of rotatable bonds is 3. The van der Waals surface area contributed by atoms with E-state index in [4.69, 9.17) is 0 Å². The van der Waals surface area contributed by atoms with Crippen molar-refractivity contribution in [2.24, 2.45) is 0 Å². The minimum Gasteiger partial charge on any atom is -0.612 e. The molecule has 0 saturated carbocycles. The number of hydrogen-bond acceptors (Lipinski definition) is 3. The molecule has 0 N–H and O–H groups in total. The number of pyridine rings is 1. The van der Waals surface area contributed by atoms with E-state index in [-0.39, 0.29) is 5.78 Å². The first-order valence-corrected chi connectivity index (χ1v) is 7.04. The molecule has 2 rings (SSSR count). The van der Waals surface area contributed by atoms with Gasteiger partial charge in [0.2, 0.25) is 5.78 Å². The van der Waals surface area contributed by atoms with E-state index in [0.717, 1.165) is 5.56 Å². The topological polar surface area (TPSA) is 53.0 Å². The van der Waals surface area contributed by atoms with Gasteiger partial charge in [-0.1, -0.05) is 6.07 Å². The van der Waals surface area contributed by atoms with E-state index in [2.05, 4.69) is 4.98 Å².